The van der Waals surface area contributed by atoms with Crippen molar-refractivity contribution in [3.05, 3.63) is 327 Å². The van der Waals surface area contributed by atoms with Crippen LogP contribution in [0.3, 0.4) is 0 Å². The molecule has 4 fully saturated rings. The minimum atomic E-state index is -0.804. The number of likely N-dealkylation sites (tertiary alicyclic amines) is 1. The van der Waals surface area contributed by atoms with Crippen LogP contribution in [-0.4, -0.2) is 284 Å². The first kappa shape index (κ1) is 128. The number of aliphatic hydroxyl groups is 2. The molecule has 10 aromatic carbocycles. The van der Waals surface area contributed by atoms with Crippen LogP contribution in [0.2, 0.25) is 0 Å². The Morgan fingerprint density at radius 3 is 1.08 bits per heavy atom. The highest BCUT2D eigenvalue weighted by molar-refractivity contribution is 14.1. The number of aryl methyl sites for hydroxylation is 10. The quantitative estimate of drug-likeness (QED) is 0.0162. The van der Waals surface area contributed by atoms with Crippen LogP contribution in [0.1, 0.15) is 150 Å². The number of ether oxygens (including phenoxy) is 8. The van der Waals surface area contributed by atoms with E-state index in [0.717, 1.165) is 186 Å². The van der Waals surface area contributed by atoms with Gasteiger partial charge < -0.3 is 67.7 Å². The van der Waals surface area contributed by atoms with E-state index in [-0.39, 0.29) is 13.2 Å². The van der Waals surface area contributed by atoms with Crippen molar-refractivity contribution in [1.82, 2.24) is 39.2 Å². The molecule has 0 aromatic heterocycles. The van der Waals surface area contributed by atoms with Crippen molar-refractivity contribution < 1.29 is 48.1 Å². The number of rotatable bonds is 43. The van der Waals surface area contributed by atoms with Gasteiger partial charge in [-0.3, -0.25) is 19.6 Å². The van der Waals surface area contributed by atoms with E-state index < -0.39 is 6.10 Å². The van der Waals surface area contributed by atoms with Gasteiger partial charge in [0.1, 0.15) is 59.6 Å². The van der Waals surface area contributed by atoms with Gasteiger partial charge in [-0.05, 0) is 289 Å². The summed E-state index contributed by atoms with van der Waals surface area (Å²) >= 11 is 19.0. The lowest BCUT2D eigenvalue weighted by atomic mass is 10.00. The van der Waals surface area contributed by atoms with E-state index in [4.69, 9.17) is 82.9 Å². The van der Waals surface area contributed by atoms with Crippen LogP contribution in [0.15, 0.2) is 255 Å². The van der Waals surface area contributed by atoms with Crippen LogP contribution in [0.5, 0.6) is 40.2 Å². The highest BCUT2D eigenvalue weighted by Gasteiger charge is 2.21. The molecule has 4 aliphatic heterocycles. The maximum absolute atomic E-state index is 9.00. The van der Waals surface area contributed by atoms with Crippen molar-refractivity contribution in [2.75, 3.05) is 228 Å². The Bertz CT molecular complexity index is 4790. The normalized spacial score (nSPS) is 14.5. The molecule has 0 radical (unpaired) electrons. The predicted molar refractivity (Wildman–Crippen MR) is 628 cm³/mol. The van der Waals surface area contributed by atoms with Crippen LogP contribution in [0.4, 0.5) is 0 Å². The molecule has 4 heterocycles. The molecule has 18 nitrogen and oxygen atoms in total. The fourth-order valence-electron chi connectivity index (χ4n) is 15.4. The highest BCUT2D eigenvalue weighted by atomic mass is 127. The van der Waals surface area contributed by atoms with Crippen LogP contribution in [0.25, 0.3) is 0 Å². The van der Waals surface area contributed by atoms with Crippen molar-refractivity contribution in [2.24, 2.45) is 5.92 Å². The average molecular weight is 2180 g/mol. The summed E-state index contributed by atoms with van der Waals surface area (Å²) in [7, 11) is 10.5. The molecule has 2 atom stereocenters. The van der Waals surface area contributed by atoms with Gasteiger partial charge in [0.15, 0.2) is 0 Å². The molecule has 14 rings (SSSR count). The van der Waals surface area contributed by atoms with Crippen molar-refractivity contribution in [3.8, 4) is 40.2 Å². The monoisotopic (exact) mass is 2180 g/mol. The van der Waals surface area contributed by atoms with Crippen LogP contribution in [0, 0.1) is 75.2 Å². The molecule has 806 valence electrons. The summed E-state index contributed by atoms with van der Waals surface area (Å²) in [6.07, 6.45) is 11.8. The molecule has 0 bridgehead atoms. The summed E-state index contributed by atoms with van der Waals surface area (Å²) in [5, 5.41) is 17.5. The summed E-state index contributed by atoms with van der Waals surface area (Å²) in [4.78, 5) is 19.8. The fraction of sp³-hybridized carbons (Fsp3) is 0.500. The first-order valence-electron chi connectivity index (χ1n) is 52.9. The molecule has 0 saturated carbocycles. The van der Waals surface area contributed by atoms with Gasteiger partial charge in [-0.15, -0.1) is 34.8 Å². The standard InChI is InChI=1S/C17H29N3.C15H24N2O.C14H21NO.C13H19ClO.C13H20N2.C11H15ClO.C11H14O.C10H13ClO.C10H13IO.C10H14O3/c1-16-6-4-7-17(14-16)15-20-12-10-19(11-13-20)9-5-8-18(2)3;1-14-4-3-5-15(12-14)13-17-8-6-16(7-9-17)10-11-18-2;1-12-5-7-14(8-6-12)16-11-13-4-3-9-15(2)10-13;1-12-6-8-13(9-7-12)15-11-5-3-2-4-10-14;1-12-3-5-13(6-4-12)11-15-9-7-14(2)8-10-15;1-10-4-6-11(7-5-10)13-9-3-2-8-12;1-9(2)8-12-11-6-4-10(3)5-7-11;2*1-9-3-5-10(6-4-9)12-8-2-7-11;1-8-2-4-10(5-3-8)13-7-9(12)6-11/h4,6-7,14H,5,8-13,15H2,1-3H3;3-5,12H,6-11,13H2,1-2H3;5-8,13H,3-4,9-11H2,1-2H3;6-9H,2-5,10-11H2,1H3;3-6H,7-11H2,1-2H3;4-7H,2-3,8-9H2,1H3;4-7H,1,8H2,2-3H3;2*3-6H,2,7-8H2,1H3;2-5,9,11-12H,6-7H2,1H3. The number of benzene rings is 10. The largest absolute Gasteiger partial charge is 0.494 e. The van der Waals surface area contributed by atoms with Gasteiger partial charge in [0.05, 0.1) is 46.2 Å². The number of nitrogens with zero attached hydrogens (tertiary/aromatic N) is 8. The van der Waals surface area contributed by atoms with Crippen molar-refractivity contribution in [3.63, 3.8) is 0 Å². The molecular weight excluding hydrogens is 1990 g/mol. The van der Waals surface area contributed by atoms with Crippen molar-refractivity contribution in [1.29, 1.82) is 0 Å². The lowest BCUT2D eigenvalue weighted by Gasteiger charge is -2.35. The molecule has 2 unspecified atom stereocenters. The van der Waals surface area contributed by atoms with E-state index in [1.54, 1.807) is 7.11 Å². The Hall–Kier alpha value is -8.30. The lowest BCUT2D eigenvalue weighted by molar-refractivity contribution is 0.0536. The molecule has 4 aliphatic rings. The number of piperidine rings is 1. The number of hydrogen-bond acceptors (Lipinski definition) is 18. The summed E-state index contributed by atoms with van der Waals surface area (Å²) in [5.74, 6) is 9.27. The third-order valence-corrected chi connectivity index (χ3v) is 26.0. The summed E-state index contributed by atoms with van der Waals surface area (Å²) in [6, 6.07) is 82.9. The SMILES string of the molecule is C=C(C)COc1ccc(C)cc1.COCCN1CCN(Cc2cccc(C)c2)CC1.Cc1ccc(CN2CCN(C)CC2)cc1.Cc1ccc(OCC(O)CO)cc1.Cc1ccc(OCC2CCCN(C)C2)cc1.Cc1ccc(OCCCCCCCl)cc1.Cc1ccc(OCCCCCl)cc1.Cc1ccc(OCCCCl)cc1.Cc1ccc(OCCCI)cc1.Cc1cccc(CN2CCN(CCCN(C)C)CC2)c1. The highest BCUT2D eigenvalue weighted by Crippen LogP contribution is 2.23. The zero-order valence-electron chi connectivity index (χ0n) is 91.8. The molecular formula is C124H182Cl3IN8O10. The van der Waals surface area contributed by atoms with Gasteiger partial charge in [-0.25, -0.2) is 0 Å². The Balaban J connectivity index is 0.000000287. The maximum atomic E-state index is 9.00. The Morgan fingerprint density at radius 2 is 0.705 bits per heavy atom. The first-order chi connectivity index (χ1) is 70.6. The van der Waals surface area contributed by atoms with E-state index in [1.807, 2.05) is 123 Å². The Labute approximate surface area is 911 Å². The smallest absolute Gasteiger partial charge is 0.119 e. The zero-order valence-corrected chi connectivity index (χ0v) is 96.2. The van der Waals surface area contributed by atoms with Crippen LogP contribution >= 0.6 is 57.4 Å². The molecule has 10 aromatic rings. The fourth-order valence-corrected chi connectivity index (χ4v) is 16.2. The second-order valence-corrected chi connectivity index (χ2v) is 41.3. The van der Waals surface area contributed by atoms with Gasteiger partial charge in [0, 0.05) is 146 Å². The third kappa shape index (κ3) is 65.0. The third-order valence-electron chi connectivity index (χ3n) is 24.4. The molecule has 22 heteroatoms. The summed E-state index contributed by atoms with van der Waals surface area (Å²) < 4.78 is 44.8. The number of alkyl halides is 4. The van der Waals surface area contributed by atoms with Gasteiger partial charge in [-0.2, -0.15) is 0 Å². The average Bonchev–Trinajstić information content (AvgIpc) is 0.890. The van der Waals surface area contributed by atoms with E-state index in [0.29, 0.717) is 30.8 Å². The topological polar surface area (TPSA) is 140 Å². The minimum Gasteiger partial charge on any atom is -0.494 e. The number of methoxy groups -OCH3 is 1. The number of likely N-dealkylation sites (N-methyl/N-ethyl adjacent to an activating group) is 1. The predicted octanol–water partition coefficient (Wildman–Crippen LogP) is 25.7. The van der Waals surface area contributed by atoms with Gasteiger partial charge >= 0.3 is 0 Å². The Morgan fingerprint density at radius 1 is 0.370 bits per heavy atom. The Kier molecular flexibility index (Phi) is 70.8. The number of hydrogen-bond donors (Lipinski definition) is 2. The second-order valence-electron chi connectivity index (χ2n) is 39.1. The van der Waals surface area contributed by atoms with Crippen molar-refractivity contribution >= 4 is 57.4 Å². The molecule has 2 N–H and O–H groups in total. The van der Waals surface area contributed by atoms with Gasteiger partial charge in [0.25, 0.3) is 0 Å². The van der Waals surface area contributed by atoms with Crippen LogP contribution < -0.4 is 33.2 Å². The van der Waals surface area contributed by atoms with Gasteiger partial charge in [0.2, 0.25) is 0 Å². The van der Waals surface area contributed by atoms with E-state index >= 15 is 0 Å². The zero-order chi connectivity index (χ0) is 106. The van der Waals surface area contributed by atoms with Crippen LogP contribution in [-0.2, 0) is 24.4 Å². The number of aliphatic hydroxyl groups excluding tert-OH is 2. The molecule has 146 heavy (non-hydrogen) atoms. The first-order valence-corrected chi connectivity index (χ1v) is 56.1. The molecule has 0 aliphatic carbocycles. The lowest BCUT2D eigenvalue weighted by Crippen LogP contribution is -2.46. The van der Waals surface area contributed by atoms with E-state index in [2.05, 4.69) is 292 Å². The molecule has 0 amide bonds. The maximum Gasteiger partial charge on any atom is 0.119 e. The van der Waals surface area contributed by atoms with E-state index in [9.17, 15) is 0 Å². The molecule has 0 spiro atoms. The molecule has 4 saturated heterocycles. The number of piperazine rings is 3. The second kappa shape index (κ2) is 80.6. The minimum absolute atomic E-state index is 0.125. The summed E-state index contributed by atoms with van der Waals surface area (Å²) in [5.41, 5.74) is 18.2. The van der Waals surface area contributed by atoms with E-state index in [1.165, 1.54) is 177 Å². The summed E-state index contributed by atoms with van der Waals surface area (Å²) in [6.45, 7) is 55.4. The number of halogens is 4. The van der Waals surface area contributed by atoms with Gasteiger partial charge in [-0.1, -0.05) is 255 Å². The van der Waals surface area contributed by atoms with Crippen molar-refractivity contribution in [2.45, 2.75) is 173 Å². The number of unbranched alkanes of at least 4 members (excludes halogenated alkanes) is 4.